The summed E-state index contributed by atoms with van der Waals surface area (Å²) in [5, 5.41) is 16.0. The van der Waals surface area contributed by atoms with E-state index in [1.165, 1.54) is 4.90 Å². The summed E-state index contributed by atoms with van der Waals surface area (Å²) in [7, 11) is 0. The van der Waals surface area contributed by atoms with Crippen LogP contribution in [0.15, 0.2) is 65.8 Å². The molecule has 0 bridgehead atoms. The zero-order valence-corrected chi connectivity index (χ0v) is 24.7. The van der Waals surface area contributed by atoms with E-state index in [0.717, 1.165) is 9.13 Å². The van der Waals surface area contributed by atoms with Gasteiger partial charge in [-0.3, -0.25) is 19.2 Å². The maximum Gasteiger partial charge on any atom is 0.303 e. The third-order valence-electron chi connectivity index (χ3n) is 6.89. The van der Waals surface area contributed by atoms with E-state index in [4.69, 9.17) is 14.6 Å². The maximum absolute atomic E-state index is 13.3. The highest BCUT2D eigenvalue weighted by molar-refractivity contribution is 14.1. The molecule has 0 aliphatic carbocycles. The first-order valence-electron chi connectivity index (χ1n) is 13.2. The number of amides is 3. The Balaban J connectivity index is 1.20. The first-order valence-corrected chi connectivity index (χ1v) is 14.3. The van der Waals surface area contributed by atoms with Crippen molar-refractivity contribution in [2.24, 2.45) is 5.10 Å². The quantitative estimate of drug-likeness (QED) is 0.213. The van der Waals surface area contributed by atoms with E-state index in [9.17, 15) is 19.2 Å². The first kappa shape index (κ1) is 29.0. The number of carboxylic acids is 1. The van der Waals surface area contributed by atoms with Crippen molar-refractivity contribution in [3.8, 4) is 11.5 Å². The Labute approximate surface area is 255 Å². The van der Waals surface area contributed by atoms with E-state index in [-0.39, 0.29) is 49.3 Å². The van der Waals surface area contributed by atoms with Crippen molar-refractivity contribution in [1.29, 1.82) is 0 Å². The number of carboxylic acid groups (broad SMARTS) is 1. The second-order valence-corrected chi connectivity index (χ2v) is 11.1. The summed E-state index contributed by atoms with van der Waals surface area (Å²) in [5.41, 5.74) is 5.49. The second-order valence-electron chi connectivity index (χ2n) is 9.83. The van der Waals surface area contributed by atoms with Crippen LogP contribution >= 0.6 is 22.6 Å². The molecular weight excluding hydrogens is 655 g/mol. The van der Waals surface area contributed by atoms with Gasteiger partial charge in [-0.05, 0) is 103 Å². The molecule has 3 N–H and O–H groups in total. The predicted octanol–water partition coefficient (Wildman–Crippen LogP) is 4.33. The molecule has 3 amide bonds. The lowest BCUT2D eigenvalue weighted by molar-refractivity contribution is -0.137. The summed E-state index contributed by atoms with van der Waals surface area (Å²) >= 11 is 2.13. The van der Waals surface area contributed by atoms with Crippen molar-refractivity contribution in [1.82, 2.24) is 5.43 Å². The fourth-order valence-corrected chi connectivity index (χ4v) is 5.20. The Kier molecular flexibility index (Phi) is 8.71. The number of nitrogens with one attached hydrogen (secondary N) is 2. The Hall–Kier alpha value is -4.46. The largest absolute Gasteiger partial charge is 0.481 e. The first-order chi connectivity index (χ1) is 20.2. The van der Waals surface area contributed by atoms with E-state index >= 15 is 0 Å². The predicted molar refractivity (Wildman–Crippen MR) is 163 cm³/mol. The van der Waals surface area contributed by atoms with E-state index in [2.05, 4.69) is 38.4 Å². The minimum absolute atomic E-state index is 0.0744. The van der Waals surface area contributed by atoms with E-state index in [1.807, 2.05) is 24.3 Å². The fraction of sp³-hybridized carbons (Fsp3) is 0.233. The van der Waals surface area contributed by atoms with Gasteiger partial charge >= 0.3 is 5.97 Å². The van der Waals surface area contributed by atoms with Crippen LogP contribution in [0.3, 0.4) is 0 Å². The molecule has 11 nitrogen and oxygen atoms in total. The monoisotopic (exact) mass is 682 g/mol. The number of hydrazone groups is 1. The van der Waals surface area contributed by atoms with Gasteiger partial charge in [-0.25, -0.2) is 5.43 Å². The maximum atomic E-state index is 13.3. The van der Waals surface area contributed by atoms with Crippen molar-refractivity contribution < 1.29 is 33.8 Å². The number of ether oxygens (including phenoxy) is 2. The van der Waals surface area contributed by atoms with E-state index in [0.29, 0.717) is 34.9 Å². The third-order valence-corrected chi connectivity index (χ3v) is 7.56. The van der Waals surface area contributed by atoms with E-state index < -0.39 is 17.8 Å². The Morgan fingerprint density at radius 2 is 1.79 bits per heavy atom. The summed E-state index contributed by atoms with van der Waals surface area (Å²) in [4.78, 5) is 51.2. The number of carbonyl (C=O) groups is 4. The SMILES string of the molecule is CC(CCC(=O)O)N1C(=O)C(=NNC(=O)c2ccc(NC(=O)CCc3ccc4c(c3)OCO4)cc2)c2cc(I)ccc21. The zero-order valence-electron chi connectivity index (χ0n) is 22.6. The average molecular weight is 682 g/mol. The summed E-state index contributed by atoms with van der Waals surface area (Å²) in [6.07, 6.45) is 0.983. The van der Waals surface area contributed by atoms with E-state index in [1.54, 1.807) is 43.3 Å². The van der Waals surface area contributed by atoms with Gasteiger partial charge in [0.25, 0.3) is 11.8 Å². The lowest BCUT2D eigenvalue weighted by atomic mass is 10.1. The Morgan fingerprint density at radius 3 is 2.55 bits per heavy atom. The molecule has 0 radical (unpaired) electrons. The van der Waals surface area contributed by atoms with Gasteiger partial charge in [0.15, 0.2) is 17.2 Å². The molecule has 3 aromatic rings. The number of anilines is 2. The highest BCUT2D eigenvalue weighted by atomic mass is 127. The number of aryl methyl sites for hydroxylation is 1. The Bertz CT molecular complexity index is 1590. The van der Waals surface area contributed by atoms with Gasteiger partial charge in [0.2, 0.25) is 12.7 Å². The molecule has 42 heavy (non-hydrogen) atoms. The number of benzene rings is 3. The van der Waals surface area contributed by atoms with Gasteiger partial charge in [0.1, 0.15) is 0 Å². The average Bonchev–Trinajstić information content (AvgIpc) is 3.55. The number of hydrogen-bond donors (Lipinski definition) is 3. The van der Waals surface area contributed by atoms with Gasteiger partial charge in [-0.15, -0.1) is 0 Å². The van der Waals surface area contributed by atoms with Crippen molar-refractivity contribution >= 4 is 63.4 Å². The molecule has 1 atom stereocenters. The van der Waals surface area contributed by atoms with Crippen molar-refractivity contribution in [3.05, 3.63) is 80.9 Å². The van der Waals surface area contributed by atoms with Crippen LogP contribution in [0.5, 0.6) is 11.5 Å². The molecule has 1 unspecified atom stereocenters. The van der Waals surface area contributed by atoms with Crippen LogP contribution < -0.4 is 25.1 Å². The molecule has 3 aromatic carbocycles. The smallest absolute Gasteiger partial charge is 0.303 e. The third kappa shape index (κ3) is 6.54. The van der Waals surface area contributed by atoms with Crippen LogP contribution in [0.4, 0.5) is 11.4 Å². The molecule has 2 heterocycles. The van der Waals surface area contributed by atoms with Gasteiger partial charge in [-0.2, -0.15) is 5.10 Å². The number of aliphatic carboxylic acids is 1. The molecule has 2 aliphatic rings. The minimum atomic E-state index is -0.940. The van der Waals surface area contributed by atoms with Crippen molar-refractivity contribution in [2.45, 2.75) is 38.6 Å². The molecule has 0 aromatic heterocycles. The normalized spacial score (nSPS) is 15.0. The molecule has 12 heteroatoms. The molecule has 0 fully saturated rings. The second kappa shape index (κ2) is 12.6. The number of hydrogen-bond acceptors (Lipinski definition) is 7. The number of nitrogens with zero attached hydrogens (tertiary/aromatic N) is 2. The van der Waals surface area contributed by atoms with Crippen LogP contribution in [-0.2, 0) is 20.8 Å². The van der Waals surface area contributed by atoms with Gasteiger partial charge < -0.3 is 24.8 Å². The standard InChI is InChI=1S/C30H27IN4O7/c1-17(2-13-27(37)38)35-23-10-7-20(31)15-22(23)28(30(35)40)33-34-29(39)19-5-8-21(9-6-19)32-26(36)12-4-18-3-11-24-25(14-18)42-16-41-24/h3,5-11,14-15,17H,2,4,12-13,16H2,1H3,(H,32,36)(H,34,39)(H,37,38). The number of halogens is 1. The zero-order chi connectivity index (χ0) is 29.8. The topological polar surface area (TPSA) is 147 Å². The summed E-state index contributed by atoms with van der Waals surface area (Å²) in [5.74, 6) is -0.691. The van der Waals surface area contributed by atoms with Gasteiger partial charge in [0.05, 0.1) is 5.69 Å². The van der Waals surface area contributed by atoms with Crippen LogP contribution in [-0.4, -0.2) is 47.3 Å². The molecule has 0 spiro atoms. The van der Waals surface area contributed by atoms with Crippen LogP contribution in [0.1, 0.15) is 47.7 Å². The lowest BCUT2D eigenvalue weighted by Crippen LogP contribution is -2.38. The van der Waals surface area contributed by atoms with Crippen LogP contribution in [0, 0.1) is 3.57 Å². The van der Waals surface area contributed by atoms with Crippen LogP contribution in [0.25, 0.3) is 0 Å². The molecule has 0 saturated carbocycles. The van der Waals surface area contributed by atoms with Crippen molar-refractivity contribution in [3.63, 3.8) is 0 Å². The number of fused-ring (bicyclic) bond motifs is 2. The summed E-state index contributed by atoms with van der Waals surface area (Å²) in [6, 6.07) is 17.0. The number of carbonyl (C=O) groups excluding carboxylic acids is 3. The van der Waals surface area contributed by atoms with Crippen LogP contribution in [0.2, 0.25) is 0 Å². The lowest BCUT2D eigenvalue weighted by Gasteiger charge is -2.24. The summed E-state index contributed by atoms with van der Waals surface area (Å²) < 4.78 is 11.6. The van der Waals surface area contributed by atoms with Crippen molar-refractivity contribution in [2.75, 3.05) is 17.0 Å². The molecular formula is C30H27IN4O7. The highest BCUT2D eigenvalue weighted by Gasteiger charge is 2.37. The summed E-state index contributed by atoms with van der Waals surface area (Å²) in [6.45, 7) is 1.97. The molecule has 5 rings (SSSR count). The number of rotatable bonds is 10. The molecule has 216 valence electrons. The molecule has 2 aliphatic heterocycles. The van der Waals surface area contributed by atoms with Gasteiger partial charge in [-0.1, -0.05) is 6.07 Å². The van der Waals surface area contributed by atoms with Gasteiger partial charge in [0, 0.05) is 39.3 Å². The Morgan fingerprint density at radius 1 is 1.02 bits per heavy atom. The highest BCUT2D eigenvalue weighted by Crippen LogP contribution is 2.34. The fourth-order valence-electron chi connectivity index (χ4n) is 4.71. The minimum Gasteiger partial charge on any atom is -0.481 e. The molecule has 0 saturated heterocycles.